The van der Waals surface area contributed by atoms with E-state index in [0.29, 0.717) is 0 Å². The van der Waals surface area contributed by atoms with Crippen molar-refractivity contribution >= 4 is 11.8 Å². The van der Waals surface area contributed by atoms with Gasteiger partial charge in [0.1, 0.15) is 5.82 Å². The van der Waals surface area contributed by atoms with Crippen molar-refractivity contribution in [3.63, 3.8) is 0 Å². The second-order valence-electron chi connectivity index (χ2n) is 4.65. The summed E-state index contributed by atoms with van der Waals surface area (Å²) in [5.74, 6) is -0.238. The van der Waals surface area contributed by atoms with Crippen LogP contribution in [0.15, 0.2) is 18.2 Å². The molecule has 0 saturated carbocycles. The highest BCUT2D eigenvalue weighted by atomic mass is 16.4. The van der Waals surface area contributed by atoms with Gasteiger partial charge >= 0.3 is 5.97 Å². The molecule has 20 heavy (non-hydrogen) atoms. The molecular weight excluding hydrogens is 254 g/mol. The SMILES string of the molecule is CCN(CC)CCCN(CC)c1cccc(C(=O)O)n1. The third kappa shape index (κ3) is 4.81. The molecule has 0 atom stereocenters. The number of hydrogen-bond acceptors (Lipinski definition) is 4. The average molecular weight is 279 g/mol. The Morgan fingerprint density at radius 3 is 2.40 bits per heavy atom. The monoisotopic (exact) mass is 279 g/mol. The Kier molecular flexibility index (Phi) is 7.01. The van der Waals surface area contributed by atoms with Gasteiger partial charge in [-0.15, -0.1) is 0 Å². The van der Waals surface area contributed by atoms with E-state index >= 15 is 0 Å². The zero-order valence-corrected chi connectivity index (χ0v) is 12.7. The number of carboxylic acid groups (broad SMARTS) is 1. The van der Waals surface area contributed by atoms with Crippen LogP contribution < -0.4 is 4.90 Å². The normalized spacial score (nSPS) is 10.8. The molecule has 0 aliphatic heterocycles. The number of carboxylic acids is 1. The van der Waals surface area contributed by atoms with E-state index in [2.05, 4.69) is 35.6 Å². The van der Waals surface area contributed by atoms with Crippen LogP contribution in [0.5, 0.6) is 0 Å². The smallest absolute Gasteiger partial charge is 0.354 e. The van der Waals surface area contributed by atoms with Crippen molar-refractivity contribution in [2.24, 2.45) is 0 Å². The van der Waals surface area contributed by atoms with E-state index in [1.54, 1.807) is 6.07 Å². The van der Waals surface area contributed by atoms with Gasteiger partial charge in [-0.05, 0) is 45.1 Å². The summed E-state index contributed by atoms with van der Waals surface area (Å²) in [7, 11) is 0. The van der Waals surface area contributed by atoms with E-state index in [1.165, 1.54) is 6.07 Å². The average Bonchev–Trinajstić information content (AvgIpc) is 2.48. The minimum atomic E-state index is -0.981. The van der Waals surface area contributed by atoms with Crippen molar-refractivity contribution in [2.45, 2.75) is 27.2 Å². The fourth-order valence-corrected chi connectivity index (χ4v) is 2.18. The first-order valence-electron chi connectivity index (χ1n) is 7.30. The number of anilines is 1. The quantitative estimate of drug-likeness (QED) is 0.752. The highest BCUT2D eigenvalue weighted by molar-refractivity contribution is 5.85. The second-order valence-corrected chi connectivity index (χ2v) is 4.65. The molecule has 1 heterocycles. The molecule has 112 valence electrons. The van der Waals surface area contributed by atoms with Crippen molar-refractivity contribution in [1.82, 2.24) is 9.88 Å². The van der Waals surface area contributed by atoms with Crippen LogP contribution in [0.3, 0.4) is 0 Å². The third-order valence-corrected chi connectivity index (χ3v) is 3.46. The summed E-state index contributed by atoms with van der Waals surface area (Å²) in [5, 5.41) is 8.99. The topological polar surface area (TPSA) is 56.7 Å². The Balaban J connectivity index is 2.62. The van der Waals surface area contributed by atoms with Gasteiger partial charge in [-0.3, -0.25) is 0 Å². The van der Waals surface area contributed by atoms with Crippen LogP contribution in [0.4, 0.5) is 5.82 Å². The molecule has 0 radical (unpaired) electrons. The molecular formula is C15H25N3O2. The number of hydrogen-bond donors (Lipinski definition) is 1. The molecule has 0 aliphatic carbocycles. The minimum Gasteiger partial charge on any atom is -0.477 e. The molecule has 0 aliphatic rings. The fraction of sp³-hybridized carbons (Fsp3) is 0.600. The molecule has 0 unspecified atom stereocenters. The lowest BCUT2D eigenvalue weighted by Crippen LogP contribution is -2.30. The summed E-state index contributed by atoms with van der Waals surface area (Å²) in [6.07, 6.45) is 1.05. The highest BCUT2D eigenvalue weighted by Gasteiger charge is 2.10. The van der Waals surface area contributed by atoms with E-state index in [4.69, 9.17) is 5.11 Å². The summed E-state index contributed by atoms with van der Waals surface area (Å²) in [6, 6.07) is 5.14. The van der Waals surface area contributed by atoms with Crippen molar-refractivity contribution in [1.29, 1.82) is 0 Å². The maximum atomic E-state index is 11.0. The number of aromatic nitrogens is 1. The molecule has 0 bridgehead atoms. The minimum absolute atomic E-state index is 0.102. The maximum Gasteiger partial charge on any atom is 0.354 e. The Hall–Kier alpha value is -1.62. The van der Waals surface area contributed by atoms with Crippen LogP contribution in [-0.2, 0) is 0 Å². The molecule has 0 spiro atoms. The molecule has 1 N–H and O–H groups in total. The van der Waals surface area contributed by atoms with Crippen molar-refractivity contribution < 1.29 is 9.90 Å². The second kappa shape index (κ2) is 8.53. The van der Waals surface area contributed by atoms with Crippen LogP contribution in [0, 0.1) is 0 Å². The first kappa shape index (κ1) is 16.4. The predicted molar refractivity (Wildman–Crippen MR) is 81.5 cm³/mol. The molecule has 1 aromatic heterocycles. The summed E-state index contributed by atoms with van der Waals surface area (Å²) in [4.78, 5) is 19.7. The lowest BCUT2D eigenvalue weighted by molar-refractivity contribution is 0.0690. The first-order chi connectivity index (χ1) is 9.62. The van der Waals surface area contributed by atoms with Crippen molar-refractivity contribution in [3.8, 4) is 0 Å². The first-order valence-corrected chi connectivity index (χ1v) is 7.30. The van der Waals surface area contributed by atoms with Gasteiger partial charge < -0.3 is 14.9 Å². The molecule has 5 nitrogen and oxygen atoms in total. The van der Waals surface area contributed by atoms with Gasteiger partial charge in [0, 0.05) is 13.1 Å². The standard InChI is InChI=1S/C15H25N3O2/c1-4-17(5-2)11-8-12-18(6-3)14-10-7-9-13(16-14)15(19)20/h7,9-10H,4-6,8,11-12H2,1-3H3,(H,19,20). The summed E-state index contributed by atoms with van der Waals surface area (Å²) >= 11 is 0. The van der Waals surface area contributed by atoms with Gasteiger partial charge in [0.15, 0.2) is 5.69 Å². The molecule has 5 heteroatoms. The Bertz CT molecular complexity index is 419. The van der Waals surface area contributed by atoms with E-state index in [0.717, 1.165) is 45.0 Å². The van der Waals surface area contributed by atoms with Crippen LogP contribution >= 0.6 is 0 Å². The van der Waals surface area contributed by atoms with E-state index in [-0.39, 0.29) is 5.69 Å². The van der Waals surface area contributed by atoms with Gasteiger partial charge in [-0.2, -0.15) is 0 Å². The number of nitrogens with zero attached hydrogens (tertiary/aromatic N) is 3. The van der Waals surface area contributed by atoms with Crippen molar-refractivity contribution in [3.05, 3.63) is 23.9 Å². The lowest BCUT2D eigenvalue weighted by Gasteiger charge is -2.24. The fourth-order valence-electron chi connectivity index (χ4n) is 2.18. The van der Waals surface area contributed by atoms with Crippen LogP contribution in [-0.4, -0.2) is 53.7 Å². The number of carbonyl (C=O) groups is 1. The number of rotatable bonds is 9. The lowest BCUT2D eigenvalue weighted by atomic mass is 10.3. The summed E-state index contributed by atoms with van der Waals surface area (Å²) < 4.78 is 0. The molecule has 1 rings (SSSR count). The van der Waals surface area contributed by atoms with Crippen LogP contribution in [0.25, 0.3) is 0 Å². The van der Waals surface area contributed by atoms with Gasteiger partial charge in [0.25, 0.3) is 0 Å². The predicted octanol–water partition coefficient (Wildman–Crippen LogP) is 2.34. The van der Waals surface area contributed by atoms with E-state index in [9.17, 15) is 4.79 Å². The van der Waals surface area contributed by atoms with E-state index in [1.807, 2.05) is 6.07 Å². The van der Waals surface area contributed by atoms with E-state index < -0.39 is 5.97 Å². The zero-order chi connectivity index (χ0) is 15.0. The molecule has 0 saturated heterocycles. The Labute approximate surface area is 121 Å². The van der Waals surface area contributed by atoms with Gasteiger partial charge in [-0.1, -0.05) is 19.9 Å². The summed E-state index contributed by atoms with van der Waals surface area (Å²) in [6.45, 7) is 11.3. The largest absolute Gasteiger partial charge is 0.477 e. The maximum absolute atomic E-state index is 11.0. The summed E-state index contributed by atoms with van der Waals surface area (Å²) in [5.41, 5.74) is 0.102. The Morgan fingerprint density at radius 2 is 1.85 bits per heavy atom. The van der Waals surface area contributed by atoms with Crippen LogP contribution in [0.1, 0.15) is 37.7 Å². The number of pyridine rings is 1. The van der Waals surface area contributed by atoms with Gasteiger partial charge in [-0.25, -0.2) is 9.78 Å². The highest BCUT2D eigenvalue weighted by Crippen LogP contribution is 2.12. The molecule has 0 aromatic carbocycles. The van der Waals surface area contributed by atoms with Gasteiger partial charge in [0.2, 0.25) is 0 Å². The number of aromatic carboxylic acids is 1. The third-order valence-electron chi connectivity index (χ3n) is 3.46. The van der Waals surface area contributed by atoms with Crippen molar-refractivity contribution in [2.75, 3.05) is 37.6 Å². The van der Waals surface area contributed by atoms with Crippen LogP contribution in [0.2, 0.25) is 0 Å². The Morgan fingerprint density at radius 1 is 1.15 bits per heavy atom. The molecule has 1 aromatic rings. The van der Waals surface area contributed by atoms with Gasteiger partial charge in [0.05, 0.1) is 0 Å². The zero-order valence-electron chi connectivity index (χ0n) is 12.7. The molecule has 0 fully saturated rings. The molecule has 0 amide bonds.